The molecular weight excluding hydrogens is 359 g/mol. The second-order valence-corrected chi connectivity index (χ2v) is 5.53. The number of carbonyl (C=O) groups excluding carboxylic acids is 1. The Labute approximate surface area is 146 Å². The fourth-order valence-corrected chi connectivity index (χ4v) is 2.08. The molecule has 0 atom stereocenters. The Morgan fingerprint density at radius 3 is 2.62 bits per heavy atom. The van der Waals surface area contributed by atoms with Crippen LogP contribution >= 0.6 is 23.2 Å². The average molecular weight is 371 g/mol. The summed E-state index contributed by atoms with van der Waals surface area (Å²) in [5.74, 6) is -0.240. The highest BCUT2D eigenvalue weighted by atomic mass is 35.5. The molecule has 0 aromatic heterocycles. The van der Waals surface area contributed by atoms with Crippen molar-refractivity contribution in [1.82, 2.24) is 5.32 Å². The Balaban J connectivity index is 1.90. The van der Waals surface area contributed by atoms with Crippen LogP contribution in [-0.2, 0) is 11.3 Å². The molecule has 0 radical (unpaired) electrons. The van der Waals surface area contributed by atoms with Gasteiger partial charge in [-0.25, -0.2) is 0 Å². The maximum absolute atomic E-state index is 11.8. The van der Waals surface area contributed by atoms with Crippen LogP contribution in [-0.4, -0.2) is 22.5 Å². The predicted octanol–water partition coefficient (Wildman–Crippen LogP) is 3.30. The number of phenols is 1. The maximum atomic E-state index is 11.8. The molecule has 9 heteroatoms. The van der Waals surface area contributed by atoms with Crippen LogP contribution in [0.3, 0.4) is 0 Å². The largest absolute Gasteiger partial charge is 0.508 e. The van der Waals surface area contributed by atoms with Gasteiger partial charge in [0.15, 0.2) is 6.61 Å². The molecule has 2 rings (SSSR count). The van der Waals surface area contributed by atoms with E-state index >= 15 is 0 Å². The van der Waals surface area contributed by atoms with Gasteiger partial charge in [0.1, 0.15) is 11.5 Å². The van der Waals surface area contributed by atoms with E-state index in [0.717, 1.165) is 0 Å². The molecule has 126 valence electrons. The SMILES string of the molecule is O=C(COc1ccc(Cl)c(Cl)c1)NCc1cc([N+](=O)[O-])ccc1O. The topological polar surface area (TPSA) is 102 Å². The standard InChI is InChI=1S/C15H12Cl2N2O5/c16-12-3-2-11(6-13(12)17)24-8-15(21)18-7-9-5-10(19(22)23)1-4-14(9)20/h1-6,20H,7-8H2,(H,18,21). The van der Waals surface area contributed by atoms with Gasteiger partial charge in [0, 0.05) is 30.3 Å². The summed E-state index contributed by atoms with van der Waals surface area (Å²) in [4.78, 5) is 21.9. The van der Waals surface area contributed by atoms with Crippen molar-refractivity contribution in [3.05, 3.63) is 62.1 Å². The molecule has 7 nitrogen and oxygen atoms in total. The molecule has 0 aliphatic rings. The maximum Gasteiger partial charge on any atom is 0.270 e. The molecule has 0 aliphatic heterocycles. The van der Waals surface area contributed by atoms with Crippen LogP contribution in [0.1, 0.15) is 5.56 Å². The first-order valence-electron chi connectivity index (χ1n) is 6.67. The summed E-state index contributed by atoms with van der Waals surface area (Å²) in [6.45, 7) is -0.356. The number of ether oxygens (including phenoxy) is 1. The van der Waals surface area contributed by atoms with Gasteiger partial charge in [0.2, 0.25) is 0 Å². The number of amides is 1. The lowest BCUT2D eigenvalue weighted by Gasteiger charge is -2.09. The summed E-state index contributed by atoms with van der Waals surface area (Å²) in [7, 11) is 0. The number of nitro groups is 1. The summed E-state index contributed by atoms with van der Waals surface area (Å²) < 4.78 is 5.26. The van der Waals surface area contributed by atoms with E-state index in [1.165, 1.54) is 30.3 Å². The molecule has 0 saturated carbocycles. The van der Waals surface area contributed by atoms with Gasteiger partial charge in [-0.3, -0.25) is 14.9 Å². The number of non-ortho nitro benzene ring substituents is 1. The van der Waals surface area contributed by atoms with Gasteiger partial charge in [0.25, 0.3) is 11.6 Å². The normalized spacial score (nSPS) is 10.2. The second kappa shape index (κ2) is 7.85. The molecule has 0 unspecified atom stereocenters. The van der Waals surface area contributed by atoms with Crippen LogP contribution in [0.15, 0.2) is 36.4 Å². The molecule has 0 spiro atoms. The second-order valence-electron chi connectivity index (χ2n) is 4.71. The summed E-state index contributed by atoms with van der Waals surface area (Å²) in [5.41, 5.74) is 0.0520. The molecular formula is C15H12Cl2N2O5. The quantitative estimate of drug-likeness (QED) is 0.599. The van der Waals surface area contributed by atoms with E-state index in [0.29, 0.717) is 15.8 Å². The Hall–Kier alpha value is -2.51. The van der Waals surface area contributed by atoms with Crippen LogP contribution < -0.4 is 10.1 Å². The van der Waals surface area contributed by atoms with E-state index in [4.69, 9.17) is 27.9 Å². The van der Waals surface area contributed by atoms with Gasteiger partial charge < -0.3 is 15.2 Å². The summed E-state index contributed by atoms with van der Waals surface area (Å²) in [6.07, 6.45) is 0. The summed E-state index contributed by atoms with van der Waals surface area (Å²) in [5, 5.41) is 23.5. The third kappa shape index (κ3) is 4.74. The lowest BCUT2D eigenvalue weighted by molar-refractivity contribution is -0.384. The molecule has 2 N–H and O–H groups in total. The number of nitro benzene ring substituents is 1. The zero-order valence-electron chi connectivity index (χ0n) is 12.2. The highest BCUT2D eigenvalue weighted by molar-refractivity contribution is 6.42. The fourth-order valence-electron chi connectivity index (χ4n) is 1.79. The van der Waals surface area contributed by atoms with Crippen LogP contribution in [0.2, 0.25) is 10.0 Å². The van der Waals surface area contributed by atoms with Gasteiger partial charge in [0.05, 0.1) is 15.0 Å². The van der Waals surface area contributed by atoms with E-state index in [2.05, 4.69) is 5.32 Å². The van der Waals surface area contributed by atoms with Crippen LogP contribution in [0.5, 0.6) is 11.5 Å². The molecule has 0 saturated heterocycles. The summed E-state index contributed by atoms with van der Waals surface area (Å²) >= 11 is 11.6. The number of nitrogens with one attached hydrogen (secondary N) is 1. The highest BCUT2D eigenvalue weighted by Gasteiger charge is 2.11. The van der Waals surface area contributed by atoms with Crippen molar-refractivity contribution in [3.8, 4) is 11.5 Å². The number of aromatic hydroxyl groups is 1. The number of rotatable bonds is 6. The number of hydrogen-bond acceptors (Lipinski definition) is 5. The monoisotopic (exact) mass is 370 g/mol. The molecule has 2 aromatic carbocycles. The first-order valence-corrected chi connectivity index (χ1v) is 7.43. The number of nitrogens with zero attached hydrogens (tertiary/aromatic N) is 1. The Morgan fingerprint density at radius 2 is 1.96 bits per heavy atom. The zero-order valence-corrected chi connectivity index (χ0v) is 13.7. The fraction of sp³-hybridized carbons (Fsp3) is 0.133. The van der Waals surface area contributed by atoms with Crippen molar-refractivity contribution in [2.75, 3.05) is 6.61 Å². The number of halogens is 2. The van der Waals surface area contributed by atoms with Gasteiger partial charge in [-0.1, -0.05) is 23.2 Å². The first kappa shape index (κ1) is 17.8. The van der Waals surface area contributed by atoms with Crippen LogP contribution in [0, 0.1) is 10.1 Å². The van der Waals surface area contributed by atoms with Crippen molar-refractivity contribution in [2.45, 2.75) is 6.54 Å². The Morgan fingerprint density at radius 1 is 1.21 bits per heavy atom. The van der Waals surface area contributed by atoms with Gasteiger partial charge >= 0.3 is 0 Å². The minimum absolute atomic E-state index is 0.0723. The predicted molar refractivity (Wildman–Crippen MR) is 88.6 cm³/mol. The lowest BCUT2D eigenvalue weighted by atomic mass is 10.2. The molecule has 0 bridgehead atoms. The Bertz CT molecular complexity index is 782. The van der Waals surface area contributed by atoms with E-state index in [9.17, 15) is 20.0 Å². The van der Waals surface area contributed by atoms with Crippen LogP contribution in [0.25, 0.3) is 0 Å². The molecule has 2 aromatic rings. The third-order valence-corrected chi connectivity index (χ3v) is 3.75. The van der Waals surface area contributed by atoms with E-state index in [1.807, 2.05) is 0 Å². The van der Waals surface area contributed by atoms with Crippen molar-refractivity contribution < 1.29 is 19.6 Å². The van der Waals surface area contributed by atoms with Crippen molar-refractivity contribution in [3.63, 3.8) is 0 Å². The zero-order chi connectivity index (χ0) is 17.7. The van der Waals surface area contributed by atoms with Crippen molar-refractivity contribution in [2.24, 2.45) is 0 Å². The van der Waals surface area contributed by atoms with E-state index in [-0.39, 0.29) is 30.2 Å². The van der Waals surface area contributed by atoms with Crippen LogP contribution in [0.4, 0.5) is 5.69 Å². The minimum Gasteiger partial charge on any atom is -0.508 e. The average Bonchev–Trinajstić information content (AvgIpc) is 2.55. The van der Waals surface area contributed by atoms with E-state index < -0.39 is 10.8 Å². The number of benzene rings is 2. The molecule has 0 heterocycles. The smallest absolute Gasteiger partial charge is 0.270 e. The first-order chi connectivity index (χ1) is 11.4. The number of phenolic OH excluding ortho intramolecular Hbond substituents is 1. The highest BCUT2D eigenvalue weighted by Crippen LogP contribution is 2.26. The van der Waals surface area contributed by atoms with Gasteiger partial charge in [-0.2, -0.15) is 0 Å². The molecule has 1 amide bonds. The van der Waals surface area contributed by atoms with Crippen molar-refractivity contribution >= 4 is 34.8 Å². The number of carbonyl (C=O) groups is 1. The summed E-state index contributed by atoms with van der Waals surface area (Å²) in [6, 6.07) is 8.14. The molecule has 0 aliphatic carbocycles. The third-order valence-electron chi connectivity index (χ3n) is 3.01. The number of hydrogen-bond donors (Lipinski definition) is 2. The molecule has 24 heavy (non-hydrogen) atoms. The van der Waals surface area contributed by atoms with Crippen molar-refractivity contribution in [1.29, 1.82) is 0 Å². The lowest BCUT2D eigenvalue weighted by Crippen LogP contribution is -2.28. The van der Waals surface area contributed by atoms with E-state index in [1.54, 1.807) is 6.07 Å². The molecule has 0 fully saturated rings. The Kier molecular flexibility index (Phi) is 5.83. The van der Waals surface area contributed by atoms with Gasteiger partial charge in [-0.15, -0.1) is 0 Å². The van der Waals surface area contributed by atoms with Gasteiger partial charge in [-0.05, 0) is 18.2 Å². The minimum atomic E-state index is -0.585.